The lowest BCUT2D eigenvalue weighted by Crippen LogP contribution is -2.47. The van der Waals surface area contributed by atoms with Crippen molar-refractivity contribution < 1.29 is 8.42 Å². The largest absolute Gasteiger partial charge is 0.281 e. The minimum atomic E-state index is -3.24. The lowest BCUT2D eigenvalue weighted by Gasteiger charge is -2.33. The van der Waals surface area contributed by atoms with Crippen molar-refractivity contribution in [2.45, 2.75) is 37.6 Å². The first-order valence-electron chi connectivity index (χ1n) is 5.23. The summed E-state index contributed by atoms with van der Waals surface area (Å²) in [5, 5.41) is 0. The molecular formula is C9H19BrN2O2S. The number of rotatable bonds is 3. The Balaban J connectivity index is 2.70. The SMILES string of the molecule is CC(C)N(C)S(=O)(=O)N1CCC(Br)CC1. The summed E-state index contributed by atoms with van der Waals surface area (Å²) in [6, 6.07) is 0.0108. The third-order valence-corrected chi connectivity index (χ3v) is 5.88. The van der Waals surface area contributed by atoms with Gasteiger partial charge in [-0.25, -0.2) is 0 Å². The van der Waals surface area contributed by atoms with Gasteiger partial charge in [0.2, 0.25) is 0 Å². The van der Waals surface area contributed by atoms with E-state index < -0.39 is 10.2 Å². The van der Waals surface area contributed by atoms with Crippen molar-refractivity contribution in [1.29, 1.82) is 0 Å². The van der Waals surface area contributed by atoms with Gasteiger partial charge in [0, 0.05) is 31.0 Å². The van der Waals surface area contributed by atoms with Crippen LogP contribution < -0.4 is 0 Å². The molecule has 0 unspecified atom stereocenters. The van der Waals surface area contributed by atoms with Gasteiger partial charge in [-0.05, 0) is 26.7 Å². The molecular weight excluding hydrogens is 280 g/mol. The number of hydrogen-bond acceptors (Lipinski definition) is 2. The molecule has 1 saturated heterocycles. The second-order valence-corrected chi connectivity index (χ2v) is 7.47. The summed E-state index contributed by atoms with van der Waals surface area (Å²) in [6.07, 6.45) is 1.79. The van der Waals surface area contributed by atoms with E-state index in [0.717, 1.165) is 12.8 Å². The molecule has 0 saturated carbocycles. The average Bonchev–Trinajstić information content (AvgIpc) is 2.17. The highest BCUT2D eigenvalue weighted by Gasteiger charge is 2.31. The van der Waals surface area contributed by atoms with Gasteiger partial charge >= 0.3 is 0 Å². The molecule has 90 valence electrons. The molecule has 0 aromatic heterocycles. The van der Waals surface area contributed by atoms with Crippen LogP contribution in [0.1, 0.15) is 26.7 Å². The van der Waals surface area contributed by atoms with E-state index >= 15 is 0 Å². The number of halogens is 1. The molecule has 1 rings (SSSR count). The lowest BCUT2D eigenvalue weighted by atomic mass is 10.2. The van der Waals surface area contributed by atoms with Crippen LogP contribution in [0.25, 0.3) is 0 Å². The molecule has 0 amide bonds. The maximum atomic E-state index is 12.1. The fourth-order valence-electron chi connectivity index (χ4n) is 1.50. The number of nitrogens with zero attached hydrogens (tertiary/aromatic N) is 2. The van der Waals surface area contributed by atoms with Gasteiger partial charge in [-0.1, -0.05) is 15.9 Å². The van der Waals surface area contributed by atoms with E-state index in [1.54, 1.807) is 11.4 Å². The fourth-order valence-corrected chi connectivity index (χ4v) is 3.48. The van der Waals surface area contributed by atoms with Gasteiger partial charge in [0.15, 0.2) is 0 Å². The van der Waals surface area contributed by atoms with Crippen LogP contribution in [-0.2, 0) is 10.2 Å². The van der Waals surface area contributed by atoms with Crippen LogP contribution in [0.15, 0.2) is 0 Å². The summed E-state index contributed by atoms with van der Waals surface area (Å²) in [7, 11) is -1.60. The smallest absolute Gasteiger partial charge is 0.195 e. The Kier molecular flexibility index (Phi) is 4.58. The molecule has 0 aromatic rings. The molecule has 6 heteroatoms. The van der Waals surface area contributed by atoms with E-state index in [1.807, 2.05) is 13.8 Å². The summed E-state index contributed by atoms with van der Waals surface area (Å²) in [5.41, 5.74) is 0. The van der Waals surface area contributed by atoms with E-state index in [0.29, 0.717) is 17.9 Å². The summed E-state index contributed by atoms with van der Waals surface area (Å²) in [6.45, 7) is 5.01. The molecule has 0 bridgehead atoms. The average molecular weight is 299 g/mol. The monoisotopic (exact) mass is 298 g/mol. The molecule has 1 aliphatic rings. The molecule has 0 atom stereocenters. The first kappa shape index (κ1) is 13.4. The highest BCUT2D eigenvalue weighted by atomic mass is 79.9. The van der Waals surface area contributed by atoms with Crippen LogP contribution >= 0.6 is 15.9 Å². The summed E-state index contributed by atoms with van der Waals surface area (Å²) in [5.74, 6) is 0. The summed E-state index contributed by atoms with van der Waals surface area (Å²) < 4.78 is 27.1. The van der Waals surface area contributed by atoms with Gasteiger partial charge < -0.3 is 0 Å². The van der Waals surface area contributed by atoms with Gasteiger partial charge in [-0.2, -0.15) is 17.0 Å². The van der Waals surface area contributed by atoms with E-state index in [9.17, 15) is 8.42 Å². The van der Waals surface area contributed by atoms with E-state index in [4.69, 9.17) is 0 Å². The second kappa shape index (κ2) is 5.12. The number of piperidine rings is 1. The van der Waals surface area contributed by atoms with Crippen LogP contribution in [0, 0.1) is 0 Å². The van der Waals surface area contributed by atoms with Crippen molar-refractivity contribution in [3.05, 3.63) is 0 Å². The van der Waals surface area contributed by atoms with Crippen molar-refractivity contribution in [3.63, 3.8) is 0 Å². The molecule has 4 nitrogen and oxygen atoms in total. The van der Waals surface area contributed by atoms with E-state index in [-0.39, 0.29) is 6.04 Å². The zero-order valence-electron chi connectivity index (χ0n) is 9.48. The Morgan fingerprint density at radius 3 is 2.20 bits per heavy atom. The predicted molar refractivity (Wildman–Crippen MR) is 65.3 cm³/mol. The van der Waals surface area contributed by atoms with Gasteiger partial charge in [0.05, 0.1) is 0 Å². The molecule has 0 radical (unpaired) electrons. The highest BCUT2D eigenvalue weighted by Crippen LogP contribution is 2.21. The molecule has 1 fully saturated rings. The Morgan fingerprint density at radius 2 is 1.80 bits per heavy atom. The quantitative estimate of drug-likeness (QED) is 0.740. The second-order valence-electron chi connectivity index (χ2n) is 4.19. The van der Waals surface area contributed by atoms with Crippen LogP contribution in [-0.4, -0.2) is 48.0 Å². The number of alkyl halides is 1. The van der Waals surface area contributed by atoms with Gasteiger partial charge in [-0.3, -0.25) is 0 Å². The minimum absolute atomic E-state index is 0.0108. The van der Waals surface area contributed by atoms with Crippen molar-refractivity contribution in [3.8, 4) is 0 Å². The molecule has 0 aliphatic carbocycles. The molecule has 1 aliphatic heterocycles. The Bertz CT molecular complexity index is 297. The predicted octanol–water partition coefficient (Wildman–Crippen LogP) is 1.43. The molecule has 0 N–H and O–H groups in total. The maximum Gasteiger partial charge on any atom is 0.281 e. The Labute approximate surface area is 101 Å². The van der Waals surface area contributed by atoms with Crippen LogP contribution in [0.5, 0.6) is 0 Å². The lowest BCUT2D eigenvalue weighted by molar-refractivity contribution is 0.306. The van der Waals surface area contributed by atoms with E-state index in [1.165, 1.54) is 4.31 Å². The first-order chi connectivity index (χ1) is 6.85. The molecule has 15 heavy (non-hydrogen) atoms. The summed E-state index contributed by atoms with van der Waals surface area (Å²) in [4.78, 5) is 0.466. The molecule has 0 aromatic carbocycles. The third-order valence-electron chi connectivity index (χ3n) is 2.80. The minimum Gasteiger partial charge on any atom is -0.195 e. The number of hydrogen-bond donors (Lipinski definition) is 0. The standard InChI is InChI=1S/C9H19BrN2O2S/c1-8(2)11(3)15(13,14)12-6-4-9(10)5-7-12/h8-9H,4-7H2,1-3H3. The van der Waals surface area contributed by atoms with E-state index in [2.05, 4.69) is 15.9 Å². The van der Waals surface area contributed by atoms with Crippen molar-refractivity contribution >= 4 is 26.1 Å². The Hall–Kier alpha value is 0.350. The van der Waals surface area contributed by atoms with Crippen molar-refractivity contribution in [2.75, 3.05) is 20.1 Å². The van der Waals surface area contributed by atoms with Crippen LogP contribution in [0.3, 0.4) is 0 Å². The van der Waals surface area contributed by atoms with Crippen molar-refractivity contribution in [2.24, 2.45) is 0 Å². The topological polar surface area (TPSA) is 40.6 Å². The Morgan fingerprint density at radius 1 is 1.33 bits per heavy atom. The van der Waals surface area contributed by atoms with Gasteiger partial charge in [-0.15, -0.1) is 0 Å². The maximum absolute atomic E-state index is 12.1. The van der Waals surface area contributed by atoms with Crippen LogP contribution in [0.2, 0.25) is 0 Å². The van der Waals surface area contributed by atoms with Gasteiger partial charge in [0.25, 0.3) is 10.2 Å². The normalized spacial score (nSPS) is 21.5. The molecule has 0 spiro atoms. The van der Waals surface area contributed by atoms with Crippen LogP contribution in [0.4, 0.5) is 0 Å². The molecule has 1 heterocycles. The zero-order valence-corrected chi connectivity index (χ0v) is 11.9. The van der Waals surface area contributed by atoms with Crippen molar-refractivity contribution in [1.82, 2.24) is 8.61 Å². The summed E-state index contributed by atoms with van der Waals surface area (Å²) >= 11 is 3.51. The van der Waals surface area contributed by atoms with Gasteiger partial charge in [0.1, 0.15) is 0 Å². The fraction of sp³-hybridized carbons (Fsp3) is 1.00. The zero-order chi connectivity index (χ0) is 11.6. The first-order valence-corrected chi connectivity index (χ1v) is 7.54. The highest BCUT2D eigenvalue weighted by molar-refractivity contribution is 9.09. The third kappa shape index (κ3) is 3.15.